The van der Waals surface area contributed by atoms with Crippen molar-refractivity contribution in [1.82, 2.24) is 0 Å². The molecule has 0 aliphatic heterocycles. The summed E-state index contributed by atoms with van der Waals surface area (Å²) in [4.78, 5) is 0. The van der Waals surface area contributed by atoms with Crippen LogP contribution in [0.2, 0.25) is 0 Å². The Morgan fingerprint density at radius 3 is 2.17 bits per heavy atom. The summed E-state index contributed by atoms with van der Waals surface area (Å²) in [6.45, 7) is 0. The molecule has 93 valence electrons. The van der Waals surface area contributed by atoms with E-state index in [0.29, 0.717) is 0 Å². The van der Waals surface area contributed by atoms with Crippen LogP contribution in [0.25, 0.3) is 0 Å². The smallest absolute Gasteiger partial charge is 0.0585 e. The fourth-order valence-electron chi connectivity index (χ4n) is 1.98. The first-order valence-corrected chi connectivity index (χ1v) is 6.87. The molecule has 0 aromatic heterocycles. The zero-order valence-electron chi connectivity index (χ0n) is 10.4. The molecule has 0 fully saturated rings. The van der Waals surface area contributed by atoms with Crippen molar-refractivity contribution in [1.29, 1.82) is 0 Å². The van der Waals surface area contributed by atoms with Crippen LogP contribution in [-0.4, -0.2) is 0 Å². The summed E-state index contributed by atoms with van der Waals surface area (Å²) >= 11 is 6.37. The lowest BCUT2D eigenvalue weighted by Crippen LogP contribution is -1.91. The van der Waals surface area contributed by atoms with Gasteiger partial charge in [0, 0.05) is 0 Å². The van der Waals surface area contributed by atoms with E-state index in [-0.39, 0.29) is 5.38 Å². The first-order chi connectivity index (χ1) is 8.86. The van der Waals surface area contributed by atoms with Gasteiger partial charge in [-0.25, -0.2) is 0 Å². The van der Waals surface area contributed by atoms with Crippen LogP contribution >= 0.6 is 11.6 Å². The van der Waals surface area contributed by atoms with Crippen LogP contribution in [0.5, 0.6) is 0 Å². The van der Waals surface area contributed by atoms with Gasteiger partial charge >= 0.3 is 0 Å². The van der Waals surface area contributed by atoms with Crippen molar-refractivity contribution in [3.63, 3.8) is 0 Å². The molecular weight excluding hydrogens is 240 g/mol. The van der Waals surface area contributed by atoms with Gasteiger partial charge in [-0.2, -0.15) is 0 Å². The Balaban J connectivity index is 1.70. The standard InChI is InChI=1S/C17H18Cl/c18-17(16-12-5-2-6-13-16)14-8-7-11-15-9-3-1-4-10-15/h1-6,9-13,17H,7-8,14H2. The second-order valence-corrected chi connectivity index (χ2v) is 4.95. The van der Waals surface area contributed by atoms with Crippen molar-refractivity contribution in [2.24, 2.45) is 0 Å². The van der Waals surface area contributed by atoms with Gasteiger partial charge in [0.25, 0.3) is 0 Å². The summed E-state index contributed by atoms with van der Waals surface area (Å²) < 4.78 is 0. The third-order valence-electron chi connectivity index (χ3n) is 3.00. The molecule has 0 saturated heterocycles. The van der Waals surface area contributed by atoms with Crippen molar-refractivity contribution in [3.05, 3.63) is 78.2 Å². The summed E-state index contributed by atoms with van der Waals surface area (Å²) in [6, 6.07) is 20.8. The van der Waals surface area contributed by atoms with Crippen molar-refractivity contribution in [3.8, 4) is 0 Å². The van der Waals surface area contributed by atoms with Crippen LogP contribution in [0.1, 0.15) is 35.8 Å². The molecule has 2 aromatic carbocycles. The van der Waals surface area contributed by atoms with E-state index in [1.807, 2.05) is 24.3 Å². The van der Waals surface area contributed by atoms with E-state index in [2.05, 4.69) is 42.8 Å². The molecule has 0 aliphatic carbocycles. The van der Waals surface area contributed by atoms with E-state index in [9.17, 15) is 0 Å². The van der Waals surface area contributed by atoms with Gasteiger partial charge in [0.2, 0.25) is 0 Å². The van der Waals surface area contributed by atoms with E-state index < -0.39 is 0 Å². The summed E-state index contributed by atoms with van der Waals surface area (Å²) in [5.41, 5.74) is 2.52. The molecule has 0 N–H and O–H groups in total. The Morgan fingerprint density at radius 2 is 1.50 bits per heavy atom. The monoisotopic (exact) mass is 257 g/mol. The van der Waals surface area contributed by atoms with E-state index in [0.717, 1.165) is 19.3 Å². The lowest BCUT2D eigenvalue weighted by Gasteiger charge is -2.09. The molecule has 0 nitrogen and oxygen atoms in total. The Bertz CT molecular complexity index is 436. The highest BCUT2D eigenvalue weighted by Crippen LogP contribution is 2.26. The minimum atomic E-state index is 0.135. The van der Waals surface area contributed by atoms with E-state index >= 15 is 0 Å². The summed E-state index contributed by atoms with van der Waals surface area (Å²) in [6.07, 6.45) is 5.50. The van der Waals surface area contributed by atoms with Gasteiger partial charge in [-0.05, 0) is 30.4 Å². The minimum absolute atomic E-state index is 0.135. The van der Waals surface area contributed by atoms with Crippen LogP contribution in [0, 0.1) is 6.42 Å². The number of hydrogen-bond donors (Lipinski definition) is 0. The maximum atomic E-state index is 6.37. The molecular formula is C17H18Cl. The summed E-state index contributed by atoms with van der Waals surface area (Å²) in [7, 11) is 0. The molecule has 1 atom stereocenters. The van der Waals surface area contributed by atoms with Gasteiger partial charge in [0.15, 0.2) is 0 Å². The van der Waals surface area contributed by atoms with Gasteiger partial charge in [-0.1, -0.05) is 67.1 Å². The van der Waals surface area contributed by atoms with Gasteiger partial charge in [-0.15, -0.1) is 11.6 Å². The largest absolute Gasteiger partial charge is 0.118 e. The first kappa shape index (κ1) is 13.2. The van der Waals surface area contributed by atoms with E-state index in [4.69, 9.17) is 11.6 Å². The number of hydrogen-bond acceptors (Lipinski definition) is 0. The topological polar surface area (TPSA) is 0 Å². The second kappa shape index (κ2) is 7.23. The average Bonchev–Trinajstić information content (AvgIpc) is 2.45. The average molecular weight is 258 g/mol. The highest BCUT2D eigenvalue weighted by Gasteiger charge is 2.06. The normalized spacial score (nSPS) is 12.3. The van der Waals surface area contributed by atoms with Gasteiger partial charge in [0.05, 0.1) is 5.38 Å². The maximum absolute atomic E-state index is 6.37. The molecule has 0 spiro atoms. The number of unbranched alkanes of at least 4 members (excludes halogenated alkanes) is 1. The Morgan fingerprint density at radius 1 is 0.889 bits per heavy atom. The van der Waals surface area contributed by atoms with Crippen LogP contribution in [0.15, 0.2) is 60.7 Å². The van der Waals surface area contributed by atoms with Crippen LogP contribution in [0.3, 0.4) is 0 Å². The number of rotatable bonds is 6. The Kier molecular flexibility index (Phi) is 5.29. The molecule has 1 heteroatoms. The first-order valence-electron chi connectivity index (χ1n) is 6.43. The zero-order valence-corrected chi connectivity index (χ0v) is 11.2. The maximum Gasteiger partial charge on any atom is 0.0585 e. The third kappa shape index (κ3) is 4.19. The highest BCUT2D eigenvalue weighted by atomic mass is 35.5. The Hall–Kier alpha value is -1.27. The Labute approximate surface area is 115 Å². The van der Waals surface area contributed by atoms with E-state index in [1.165, 1.54) is 11.1 Å². The third-order valence-corrected chi connectivity index (χ3v) is 3.47. The lowest BCUT2D eigenvalue weighted by molar-refractivity contribution is 0.714. The quantitative estimate of drug-likeness (QED) is 0.481. The molecule has 0 amide bonds. The van der Waals surface area contributed by atoms with Crippen molar-refractivity contribution in [2.45, 2.75) is 24.6 Å². The van der Waals surface area contributed by atoms with Crippen molar-refractivity contribution >= 4 is 11.6 Å². The van der Waals surface area contributed by atoms with Crippen LogP contribution in [-0.2, 0) is 0 Å². The highest BCUT2D eigenvalue weighted by molar-refractivity contribution is 6.20. The fourth-order valence-corrected chi connectivity index (χ4v) is 2.28. The lowest BCUT2D eigenvalue weighted by atomic mass is 10.0. The van der Waals surface area contributed by atoms with Crippen molar-refractivity contribution in [2.75, 3.05) is 0 Å². The number of alkyl halides is 1. The van der Waals surface area contributed by atoms with Gasteiger partial charge < -0.3 is 0 Å². The molecule has 1 unspecified atom stereocenters. The molecule has 0 saturated carbocycles. The minimum Gasteiger partial charge on any atom is -0.118 e. The molecule has 18 heavy (non-hydrogen) atoms. The molecule has 0 heterocycles. The summed E-state index contributed by atoms with van der Waals surface area (Å²) in [5, 5.41) is 0.135. The molecule has 1 radical (unpaired) electrons. The predicted molar refractivity (Wildman–Crippen MR) is 78.7 cm³/mol. The molecule has 0 aliphatic rings. The molecule has 2 rings (SSSR count). The van der Waals surface area contributed by atoms with E-state index in [1.54, 1.807) is 0 Å². The number of benzene rings is 2. The van der Waals surface area contributed by atoms with Gasteiger partial charge in [0.1, 0.15) is 0 Å². The van der Waals surface area contributed by atoms with Crippen molar-refractivity contribution < 1.29 is 0 Å². The molecule has 0 bridgehead atoms. The fraction of sp³-hybridized carbons (Fsp3) is 0.235. The van der Waals surface area contributed by atoms with Crippen LogP contribution < -0.4 is 0 Å². The SMILES string of the molecule is ClC(CCC[CH]c1ccccc1)c1ccccc1. The van der Waals surface area contributed by atoms with Gasteiger partial charge in [-0.3, -0.25) is 0 Å². The van der Waals surface area contributed by atoms with Crippen LogP contribution in [0.4, 0.5) is 0 Å². The zero-order chi connectivity index (χ0) is 12.6. The molecule has 2 aromatic rings. The summed E-state index contributed by atoms with van der Waals surface area (Å²) in [5.74, 6) is 0. The predicted octanol–water partition coefficient (Wildman–Crippen LogP) is 5.39. The number of halogens is 1. The second-order valence-electron chi connectivity index (χ2n) is 4.42.